The maximum Gasteiger partial charge on any atom is 0.264 e. The molecule has 0 unspecified atom stereocenters. The van der Waals surface area contributed by atoms with Gasteiger partial charge in [0.2, 0.25) is 0 Å². The molecule has 0 radical (unpaired) electrons. The van der Waals surface area contributed by atoms with Crippen LogP contribution in [0.15, 0.2) is 48.0 Å². The molecule has 0 fully saturated rings. The Morgan fingerprint density at radius 1 is 1.35 bits per heavy atom. The smallest absolute Gasteiger partial charge is 0.264 e. The van der Waals surface area contributed by atoms with Gasteiger partial charge in [0.1, 0.15) is 17.3 Å². The highest BCUT2D eigenvalue weighted by atomic mass is 35.5. The number of rotatable bonds is 2. The minimum atomic E-state index is -0.657. The molecule has 6 heteroatoms. The summed E-state index contributed by atoms with van der Waals surface area (Å²) in [6, 6.07) is 5.18. The van der Waals surface area contributed by atoms with Crippen molar-refractivity contribution >= 4 is 28.1 Å². The Kier molecular flexibility index (Phi) is 3.74. The van der Waals surface area contributed by atoms with Crippen LogP contribution in [0.3, 0.4) is 0 Å². The van der Waals surface area contributed by atoms with E-state index in [9.17, 15) is 13.6 Å². The summed E-state index contributed by atoms with van der Waals surface area (Å²) in [6.07, 6.45) is 2.44. The van der Waals surface area contributed by atoms with Gasteiger partial charge < -0.3 is 0 Å². The molecular weight excluding hydrogens is 322 g/mol. The van der Waals surface area contributed by atoms with E-state index in [0.717, 1.165) is 16.8 Å². The molecule has 0 aliphatic carbocycles. The lowest BCUT2D eigenvalue weighted by atomic mass is 10.1. The molecule has 0 N–H and O–H groups in total. The molecule has 116 valence electrons. The van der Waals surface area contributed by atoms with Crippen LogP contribution < -0.4 is 5.56 Å². The predicted octanol–water partition coefficient (Wildman–Crippen LogP) is 4.35. The molecule has 3 nitrogen and oxygen atoms in total. The molecule has 3 aromatic rings. The van der Waals surface area contributed by atoms with E-state index in [4.69, 9.17) is 11.6 Å². The summed E-state index contributed by atoms with van der Waals surface area (Å²) in [7, 11) is 0. The molecule has 0 atom stereocenters. The minimum absolute atomic E-state index is 0.0322. The van der Waals surface area contributed by atoms with Crippen molar-refractivity contribution in [3.63, 3.8) is 0 Å². The monoisotopic (exact) mass is 332 g/mol. The van der Waals surface area contributed by atoms with Crippen LogP contribution in [0.2, 0.25) is 5.02 Å². The summed E-state index contributed by atoms with van der Waals surface area (Å²) in [5.41, 5.74) is 0.735. The van der Waals surface area contributed by atoms with Gasteiger partial charge in [-0.1, -0.05) is 24.2 Å². The van der Waals surface area contributed by atoms with Crippen LogP contribution in [0.4, 0.5) is 8.78 Å². The lowest BCUT2D eigenvalue weighted by Crippen LogP contribution is -2.21. The van der Waals surface area contributed by atoms with Gasteiger partial charge in [-0.25, -0.2) is 8.78 Å². The summed E-state index contributed by atoms with van der Waals surface area (Å²) in [6.45, 7) is 5.55. The fraction of sp³-hybridized carbons (Fsp3) is 0.0588. The maximum absolute atomic E-state index is 14.2. The van der Waals surface area contributed by atoms with Gasteiger partial charge in [-0.05, 0) is 30.7 Å². The van der Waals surface area contributed by atoms with E-state index in [1.807, 2.05) is 0 Å². The zero-order chi connectivity index (χ0) is 16.7. The summed E-state index contributed by atoms with van der Waals surface area (Å²) in [5.74, 6) is -1.31. The SMILES string of the molecule is C=C(C)c1cn(-c2c(F)cccc2Cl)c(=O)c2cc(F)cnc12. The van der Waals surface area contributed by atoms with Crippen LogP contribution in [0.1, 0.15) is 12.5 Å². The van der Waals surface area contributed by atoms with Crippen LogP contribution in [0.5, 0.6) is 0 Å². The number of allylic oxidation sites excluding steroid dienone is 1. The van der Waals surface area contributed by atoms with Gasteiger partial charge in [0.15, 0.2) is 0 Å². The Hall–Kier alpha value is -2.53. The number of halogens is 3. The molecule has 0 saturated heterocycles. The zero-order valence-electron chi connectivity index (χ0n) is 12.1. The Morgan fingerprint density at radius 3 is 2.74 bits per heavy atom. The summed E-state index contributed by atoms with van der Waals surface area (Å²) < 4.78 is 28.7. The fourth-order valence-electron chi connectivity index (χ4n) is 2.39. The van der Waals surface area contributed by atoms with Crippen molar-refractivity contribution in [3.8, 4) is 5.69 Å². The fourth-order valence-corrected chi connectivity index (χ4v) is 2.65. The zero-order valence-corrected chi connectivity index (χ0v) is 12.9. The summed E-state index contributed by atoms with van der Waals surface area (Å²) >= 11 is 6.04. The van der Waals surface area contributed by atoms with Crippen LogP contribution in [0, 0.1) is 11.6 Å². The Labute approximate surface area is 135 Å². The Bertz CT molecular complexity index is 991. The van der Waals surface area contributed by atoms with E-state index in [-0.39, 0.29) is 16.1 Å². The number of pyridine rings is 2. The van der Waals surface area contributed by atoms with Crippen molar-refractivity contribution in [3.05, 3.63) is 75.8 Å². The second kappa shape index (κ2) is 5.59. The van der Waals surface area contributed by atoms with Gasteiger partial charge in [-0.15, -0.1) is 0 Å². The molecule has 0 bridgehead atoms. The van der Waals surface area contributed by atoms with Crippen LogP contribution in [-0.4, -0.2) is 9.55 Å². The third-order valence-electron chi connectivity index (χ3n) is 3.46. The second-order valence-corrected chi connectivity index (χ2v) is 5.53. The average molecular weight is 333 g/mol. The first-order valence-electron chi connectivity index (χ1n) is 6.71. The third kappa shape index (κ3) is 2.53. The van der Waals surface area contributed by atoms with Crippen molar-refractivity contribution < 1.29 is 8.78 Å². The van der Waals surface area contributed by atoms with Crippen molar-refractivity contribution in [2.75, 3.05) is 0 Å². The van der Waals surface area contributed by atoms with Gasteiger partial charge in [0, 0.05) is 11.8 Å². The van der Waals surface area contributed by atoms with Crippen LogP contribution in [-0.2, 0) is 0 Å². The molecule has 2 heterocycles. The van der Waals surface area contributed by atoms with E-state index < -0.39 is 17.2 Å². The van der Waals surface area contributed by atoms with E-state index in [1.54, 1.807) is 6.92 Å². The molecule has 0 saturated carbocycles. The van der Waals surface area contributed by atoms with Gasteiger partial charge in [0.25, 0.3) is 5.56 Å². The first-order chi connectivity index (χ1) is 10.9. The standard InChI is InChI=1S/C17H11ClF2N2O/c1-9(2)12-8-22(16-13(18)4-3-5-14(16)20)17(23)11-6-10(19)7-21-15(11)12/h3-8H,1H2,2H3. The van der Waals surface area contributed by atoms with Crippen molar-refractivity contribution in [1.29, 1.82) is 0 Å². The number of para-hydroxylation sites is 1. The lowest BCUT2D eigenvalue weighted by Gasteiger charge is -2.13. The average Bonchev–Trinajstić information content (AvgIpc) is 2.49. The molecule has 0 spiro atoms. The molecule has 3 rings (SSSR count). The first-order valence-corrected chi connectivity index (χ1v) is 7.09. The topological polar surface area (TPSA) is 34.9 Å². The number of hydrogen-bond donors (Lipinski definition) is 0. The molecule has 0 amide bonds. The van der Waals surface area contributed by atoms with Crippen molar-refractivity contribution in [2.24, 2.45) is 0 Å². The molecule has 0 aliphatic rings. The number of benzene rings is 1. The van der Waals surface area contributed by atoms with Crippen molar-refractivity contribution in [2.45, 2.75) is 6.92 Å². The number of aromatic nitrogens is 2. The summed E-state index contributed by atoms with van der Waals surface area (Å²) in [5, 5.41) is 0.105. The second-order valence-electron chi connectivity index (χ2n) is 5.12. The quantitative estimate of drug-likeness (QED) is 0.699. The van der Waals surface area contributed by atoms with E-state index in [1.165, 1.54) is 24.4 Å². The normalized spacial score (nSPS) is 11.0. The third-order valence-corrected chi connectivity index (χ3v) is 3.76. The highest BCUT2D eigenvalue weighted by Crippen LogP contribution is 2.26. The van der Waals surface area contributed by atoms with Gasteiger partial charge in [0.05, 0.1) is 22.1 Å². The van der Waals surface area contributed by atoms with E-state index in [2.05, 4.69) is 11.6 Å². The van der Waals surface area contributed by atoms with Gasteiger partial charge >= 0.3 is 0 Å². The molecule has 23 heavy (non-hydrogen) atoms. The van der Waals surface area contributed by atoms with E-state index >= 15 is 0 Å². The Morgan fingerprint density at radius 2 is 2.09 bits per heavy atom. The van der Waals surface area contributed by atoms with Crippen LogP contribution >= 0.6 is 11.6 Å². The van der Waals surface area contributed by atoms with Gasteiger partial charge in [-0.2, -0.15) is 0 Å². The lowest BCUT2D eigenvalue weighted by molar-refractivity contribution is 0.616. The minimum Gasteiger partial charge on any atom is -0.279 e. The number of hydrogen-bond acceptors (Lipinski definition) is 2. The highest BCUT2D eigenvalue weighted by molar-refractivity contribution is 6.32. The highest BCUT2D eigenvalue weighted by Gasteiger charge is 2.16. The molecule has 1 aromatic carbocycles. The largest absolute Gasteiger partial charge is 0.279 e. The summed E-state index contributed by atoms with van der Waals surface area (Å²) in [4.78, 5) is 16.6. The van der Waals surface area contributed by atoms with Crippen molar-refractivity contribution in [1.82, 2.24) is 9.55 Å². The van der Waals surface area contributed by atoms with Gasteiger partial charge in [-0.3, -0.25) is 14.3 Å². The number of nitrogens with zero attached hydrogens (tertiary/aromatic N) is 2. The van der Waals surface area contributed by atoms with E-state index in [0.29, 0.717) is 16.7 Å². The predicted molar refractivity (Wildman–Crippen MR) is 87.0 cm³/mol. The molecular formula is C17H11ClF2N2O. The first kappa shape index (κ1) is 15.4. The molecule has 2 aromatic heterocycles. The Balaban J connectivity index is 2.50. The van der Waals surface area contributed by atoms with Crippen LogP contribution in [0.25, 0.3) is 22.2 Å². The maximum atomic E-state index is 14.2. The number of fused-ring (bicyclic) bond motifs is 1. The molecule has 0 aliphatic heterocycles.